The van der Waals surface area contributed by atoms with Gasteiger partial charge in [0, 0.05) is 21.2 Å². The van der Waals surface area contributed by atoms with Gasteiger partial charge in [-0.1, -0.05) is 78.7 Å². The Balaban J connectivity index is 1.51. The van der Waals surface area contributed by atoms with Crippen LogP contribution in [0.3, 0.4) is 0 Å². The highest BCUT2D eigenvalue weighted by Crippen LogP contribution is 2.31. The first-order valence-corrected chi connectivity index (χ1v) is 14.8. The summed E-state index contributed by atoms with van der Waals surface area (Å²) in [6.07, 6.45) is 2.21. The molecule has 3 N–H and O–H groups in total. The fourth-order valence-corrected chi connectivity index (χ4v) is 5.34. The van der Waals surface area contributed by atoms with E-state index in [-0.39, 0.29) is 11.6 Å². The minimum absolute atomic E-state index is 0.0976. The molecule has 1 unspecified atom stereocenters. The topological polar surface area (TPSA) is 87.3 Å². The van der Waals surface area contributed by atoms with Crippen molar-refractivity contribution in [1.29, 1.82) is 0 Å². The maximum absolute atomic E-state index is 13.5. The van der Waals surface area contributed by atoms with Gasteiger partial charge in [0.05, 0.1) is 16.0 Å². The predicted molar refractivity (Wildman–Crippen MR) is 173 cm³/mol. The molecule has 0 bridgehead atoms. The average Bonchev–Trinajstić information content (AvgIpc) is 2.99. The highest BCUT2D eigenvalue weighted by Gasteiger charge is 2.20. The van der Waals surface area contributed by atoms with Crippen LogP contribution in [0.15, 0.2) is 108 Å². The molecule has 0 aliphatic rings. The molecule has 0 saturated carbocycles. The van der Waals surface area contributed by atoms with Gasteiger partial charge in [-0.2, -0.15) is 0 Å². The van der Waals surface area contributed by atoms with Crippen molar-refractivity contribution in [2.75, 3.05) is 10.6 Å². The summed E-state index contributed by atoms with van der Waals surface area (Å²) in [7, 11) is 0. The van der Waals surface area contributed by atoms with Crippen molar-refractivity contribution < 1.29 is 14.4 Å². The Kier molecular flexibility index (Phi) is 10.8. The van der Waals surface area contributed by atoms with Gasteiger partial charge in [0.1, 0.15) is 5.70 Å². The van der Waals surface area contributed by atoms with Crippen molar-refractivity contribution in [3.05, 3.63) is 129 Å². The van der Waals surface area contributed by atoms with E-state index in [1.165, 1.54) is 11.8 Å². The molecule has 0 aliphatic carbocycles. The predicted octanol–water partition coefficient (Wildman–Crippen LogP) is 8.22. The van der Waals surface area contributed by atoms with Gasteiger partial charge >= 0.3 is 0 Å². The molecule has 0 heterocycles. The summed E-state index contributed by atoms with van der Waals surface area (Å²) in [5.74, 6) is -1.09. The largest absolute Gasteiger partial charge is 0.324 e. The van der Waals surface area contributed by atoms with E-state index in [2.05, 4.69) is 16.0 Å². The highest BCUT2D eigenvalue weighted by atomic mass is 35.5. The number of carbonyl (C=O) groups excluding carboxylic acids is 3. The Morgan fingerprint density at radius 1 is 0.857 bits per heavy atom. The molecule has 0 spiro atoms. The van der Waals surface area contributed by atoms with E-state index in [9.17, 15) is 14.4 Å². The molecule has 6 nitrogen and oxygen atoms in total. The van der Waals surface area contributed by atoms with Gasteiger partial charge in [0.15, 0.2) is 0 Å². The Morgan fingerprint density at radius 2 is 1.60 bits per heavy atom. The molecule has 1 atom stereocenters. The maximum atomic E-state index is 13.5. The van der Waals surface area contributed by atoms with Gasteiger partial charge in [0.2, 0.25) is 5.91 Å². The molecule has 0 fully saturated rings. The lowest BCUT2D eigenvalue weighted by Gasteiger charge is -2.16. The summed E-state index contributed by atoms with van der Waals surface area (Å²) in [6.45, 7) is 3.85. The van der Waals surface area contributed by atoms with E-state index in [0.717, 1.165) is 16.0 Å². The lowest BCUT2D eigenvalue weighted by molar-refractivity contribution is -0.116. The molecule has 0 radical (unpaired) electrons. The normalized spacial score (nSPS) is 11.9. The van der Waals surface area contributed by atoms with E-state index in [4.69, 9.17) is 23.2 Å². The fourth-order valence-electron chi connectivity index (χ4n) is 3.99. The smallest absolute Gasteiger partial charge is 0.272 e. The molecule has 4 aromatic rings. The van der Waals surface area contributed by atoms with Crippen LogP contribution in [0.5, 0.6) is 0 Å². The summed E-state index contributed by atoms with van der Waals surface area (Å²) in [5, 5.41) is 8.94. The van der Waals surface area contributed by atoms with Crippen LogP contribution in [0, 0.1) is 6.92 Å². The van der Waals surface area contributed by atoms with Crippen LogP contribution in [-0.4, -0.2) is 23.0 Å². The number of hydrogen-bond acceptors (Lipinski definition) is 4. The fraction of sp³-hybridized carbons (Fsp3) is 0.121. The maximum Gasteiger partial charge on any atom is 0.272 e. The molecule has 42 heavy (non-hydrogen) atoms. The van der Waals surface area contributed by atoms with Crippen molar-refractivity contribution >= 4 is 70.1 Å². The van der Waals surface area contributed by atoms with E-state index in [1.54, 1.807) is 66.7 Å². The van der Waals surface area contributed by atoms with Gasteiger partial charge in [0.25, 0.3) is 11.8 Å². The number of aryl methyl sites for hydroxylation is 1. The summed E-state index contributed by atoms with van der Waals surface area (Å²) < 4.78 is 0. The minimum Gasteiger partial charge on any atom is -0.324 e. The second-order valence-corrected chi connectivity index (χ2v) is 11.5. The zero-order valence-corrected chi connectivity index (χ0v) is 25.3. The highest BCUT2D eigenvalue weighted by molar-refractivity contribution is 8.00. The lowest BCUT2D eigenvalue weighted by atomic mass is 10.1. The summed E-state index contributed by atoms with van der Waals surface area (Å²) in [5.41, 5.74) is 3.25. The molecule has 214 valence electrons. The van der Waals surface area contributed by atoms with Crippen LogP contribution >= 0.6 is 35.0 Å². The number of amides is 3. The Morgan fingerprint density at radius 3 is 2.33 bits per heavy atom. The van der Waals surface area contributed by atoms with Crippen LogP contribution in [0.1, 0.15) is 34.8 Å². The van der Waals surface area contributed by atoms with Gasteiger partial charge in [-0.05, 0) is 79.1 Å². The lowest BCUT2D eigenvalue weighted by Crippen LogP contribution is -2.30. The van der Waals surface area contributed by atoms with E-state index < -0.39 is 17.1 Å². The van der Waals surface area contributed by atoms with Crippen molar-refractivity contribution in [2.24, 2.45) is 0 Å². The zero-order chi connectivity index (χ0) is 30.1. The van der Waals surface area contributed by atoms with Crippen molar-refractivity contribution in [2.45, 2.75) is 30.4 Å². The van der Waals surface area contributed by atoms with Crippen LogP contribution in [0.25, 0.3) is 6.08 Å². The molecule has 0 aliphatic heterocycles. The number of hydrogen-bond donors (Lipinski definition) is 3. The molecular weight excluding hydrogens is 589 g/mol. The first-order chi connectivity index (χ1) is 20.2. The number of rotatable bonds is 10. The number of nitrogens with one attached hydrogen (secondary N) is 3. The molecular formula is C33H29Cl2N3O3S. The molecule has 4 rings (SSSR count). The van der Waals surface area contributed by atoms with E-state index in [0.29, 0.717) is 33.4 Å². The number of anilines is 2. The summed E-state index contributed by atoms with van der Waals surface area (Å²) in [6, 6.07) is 28.4. The number of benzene rings is 4. The minimum atomic E-state index is -0.481. The number of carbonyl (C=O) groups is 3. The number of halogens is 2. The van der Waals surface area contributed by atoms with Crippen LogP contribution in [-0.2, 0) is 9.59 Å². The van der Waals surface area contributed by atoms with Crippen molar-refractivity contribution in [1.82, 2.24) is 5.32 Å². The van der Waals surface area contributed by atoms with Crippen molar-refractivity contribution in [3.63, 3.8) is 0 Å². The molecule has 9 heteroatoms. The molecule has 3 amide bonds. The van der Waals surface area contributed by atoms with Gasteiger partial charge in [-0.25, -0.2) is 0 Å². The summed E-state index contributed by atoms with van der Waals surface area (Å²) in [4.78, 5) is 40.2. The van der Waals surface area contributed by atoms with Crippen LogP contribution < -0.4 is 16.0 Å². The SMILES string of the molecule is CCC(Sc1cccc(NC(=O)/C(=C/c2ccccc2C)NC(=O)c2ccccc2)c1)C(=O)Nc1cc(Cl)ccc1Cl. The molecule has 0 saturated heterocycles. The standard InChI is InChI=1S/C33H29Cl2N3O3S/c1-3-30(33(41)37-28-19-24(34)16-17-27(28)35)42-26-15-9-14-25(20-26)36-32(40)29(18-23-13-8-7-10-21(23)2)38-31(39)22-11-5-4-6-12-22/h4-20,30H,3H2,1-2H3,(H,36,40)(H,37,41)(H,38,39)/b29-18-. The van der Waals surface area contributed by atoms with Gasteiger partial charge in [-0.3, -0.25) is 14.4 Å². The Labute approximate surface area is 259 Å². The molecule has 4 aromatic carbocycles. The Hall–Kier alpha value is -4.04. The van der Waals surface area contributed by atoms with E-state index >= 15 is 0 Å². The molecule has 0 aromatic heterocycles. The first kappa shape index (κ1) is 30.9. The second-order valence-electron chi connectivity index (χ2n) is 9.34. The zero-order valence-electron chi connectivity index (χ0n) is 23.0. The Bertz CT molecular complexity index is 1630. The quantitative estimate of drug-likeness (QED) is 0.124. The first-order valence-electron chi connectivity index (χ1n) is 13.2. The monoisotopic (exact) mass is 617 g/mol. The third kappa shape index (κ3) is 8.49. The third-order valence-electron chi connectivity index (χ3n) is 6.24. The van der Waals surface area contributed by atoms with Crippen molar-refractivity contribution in [3.8, 4) is 0 Å². The van der Waals surface area contributed by atoms with E-state index in [1.807, 2.05) is 50.2 Å². The summed E-state index contributed by atoms with van der Waals surface area (Å²) >= 11 is 13.6. The number of thioether (sulfide) groups is 1. The average molecular weight is 619 g/mol. The van der Waals surface area contributed by atoms with Crippen LogP contribution in [0.2, 0.25) is 10.0 Å². The van der Waals surface area contributed by atoms with Crippen LogP contribution in [0.4, 0.5) is 11.4 Å². The van der Waals surface area contributed by atoms with Gasteiger partial charge in [-0.15, -0.1) is 11.8 Å². The third-order valence-corrected chi connectivity index (χ3v) is 8.16. The van der Waals surface area contributed by atoms with Gasteiger partial charge < -0.3 is 16.0 Å². The second kappa shape index (κ2) is 14.7.